The second kappa shape index (κ2) is 9.70. The number of rotatable bonds is 7. The van der Waals surface area contributed by atoms with E-state index in [1.54, 1.807) is 11.8 Å². The zero-order valence-corrected chi connectivity index (χ0v) is 18.0. The number of nitro groups is 1. The van der Waals surface area contributed by atoms with Gasteiger partial charge in [0.2, 0.25) is 5.82 Å². The topological polar surface area (TPSA) is 102 Å². The summed E-state index contributed by atoms with van der Waals surface area (Å²) in [6, 6.07) is 18.8. The van der Waals surface area contributed by atoms with Crippen LogP contribution in [0.3, 0.4) is 0 Å². The number of ether oxygens (including phenoxy) is 1. The van der Waals surface area contributed by atoms with Crippen LogP contribution in [0.5, 0.6) is 0 Å². The quantitative estimate of drug-likeness (QED) is 0.299. The number of nitrogens with zero attached hydrogens (tertiary/aromatic N) is 2. The molecule has 0 aliphatic carbocycles. The maximum Gasteiger partial charge on any atom is 0.308 e. The highest BCUT2D eigenvalue weighted by atomic mass is 32.2. The first-order valence-electron chi connectivity index (χ1n) is 9.95. The van der Waals surface area contributed by atoms with E-state index >= 15 is 0 Å². The summed E-state index contributed by atoms with van der Waals surface area (Å²) in [4.78, 5) is 38.5. The van der Waals surface area contributed by atoms with E-state index in [0.717, 1.165) is 33.3 Å². The van der Waals surface area contributed by atoms with Crippen molar-refractivity contribution in [2.24, 2.45) is 0 Å². The van der Waals surface area contributed by atoms with E-state index in [-0.39, 0.29) is 12.1 Å². The Kier molecular flexibility index (Phi) is 6.55. The van der Waals surface area contributed by atoms with Crippen molar-refractivity contribution in [2.75, 3.05) is 23.4 Å². The summed E-state index contributed by atoms with van der Waals surface area (Å²) < 4.78 is 18.5. The predicted octanol–water partition coefficient (Wildman–Crippen LogP) is 4.91. The minimum atomic E-state index is -1.01. The van der Waals surface area contributed by atoms with Gasteiger partial charge in [0.15, 0.2) is 6.61 Å². The molecule has 3 aromatic carbocycles. The Hall–Kier alpha value is -3.92. The van der Waals surface area contributed by atoms with E-state index in [9.17, 15) is 24.1 Å². The van der Waals surface area contributed by atoms with Crippen LogP contribution in [0.1, 0.15) is 6.42 Å². The minimum absolute atomic E-state index is 0.0307. The van der Waals surface area contributed by atoms with Crippen molar-refractivity contribution in [3.63, 3.8) is 0 Å². The smallest absolute Gasteiger partial charge is 0.308 e. The number of carbonyl (C=O) groups is 2. The van der Waals surface area contributed by atoms with Gasteiger partial charge < -0.3 is 15.0 Å². The number of amides is 1. The van der Waals surface area contributed by atoms with Crippen molar-refractivity contribution in [3.05, 3.63) is 82.7 Å². The zero-order valence-electron chi connectivity index (χ0n) is 17.2. The van der Waals surface area contributed by atoms with Crippen molar-refractivity contribution < 1.29 is 23.6 Å². The lowest BCUT2D eigenvalue weighted by molar-refractivity contribution is -0.387. The fourth-order valence-electron chi connectivity index (χ4n) is 3.37. The van der Waals surface area contributed by atoms with Gasteiger partial charge in [0.1, 0.15) is 0 Å². The molecule has 1 N–H and O–H groups in total. The number of halogens is 1. The van der Waals surface area contributed by atoms with Gasteiger partial charge >= 0.3 is 11.7 Å². The first-order valence-corrected chi connectivity index (χ1v) is 10.8. The molecule has 1 heterocycles. The Bertz CT molecular complexity index is 1190. The third kappa shape index (κ3) is 5.12. The average molecular weight is 467 g/mol. The molecule has 0 fully saturated rings. The third-order valence-corrected chi connectivity index (χ3v) is 5.99. The normalized spacial score (nSPS) is 11.8. The van der Waals surface area contributed by atoms with Crippen LogP contribution >= 0.6 is 11.8 Å². The number of anilines is 3. The van der Waals surface area contributed by atoms with Crippen LogP contribution in [-0.4, -0.2) is 30.0 Å². The lowest BCUT2D eigenvalue weighted by Crippen LogP contribution is -2.26. The number of esters is 1. The number of para-hydroxylation sites is 2. The fraction of sp³-hybridized carbons (Fsp3) is 0.130. The van der Waals surface area contributed by atoms with Crippen molar-refractivity contribution in [2.45, 2.75) is 16.2 Å². The summed E-state index contributed by atoms with van der Waals surface area (Å²) in [7, 11) is 0. The van der Waals surface area contributed by atoms with Gasteiger partial charge in [-0.2, -0.15) is 4.39 Å². The molecule has 33 heavy (non-hydrogen) atoms. The maximum absolute atomic E-state index is 13.4. The van der Waals surface area contributed by atoms with Gasteiger partial charge in [-0.15, -0.1) is 0 Å². The van der Waals surface area contributed by atoms with Gasteiger partial charge in [0, 0.05) is 28.1 Å². The molecule has 1 amide bonds. The molecule has 0 saturated heterocycles. The largest absolute Gasteiger partial charge is 0.456 e. The Morgan fingerprint density at radius 2 is 1.67 bits per heavy atom. The number of fused-ring (bicyclic) bond motifs is 2. The summed E-state index contributed by atoms with van der Waals surface area (Å²) >= 11 is 1.66. The number of carbonyl (C=O) groups excluding carboxylic acids is 2. The average Bonchev–Trinajstić information content (AvgIpc) is 2.81. The second-order valence-electron chi connectivity index (χ2n) is 7.07. The van der Waals surface area contributed by atoms with Crippen LogP contribution in [0.4, 0.5) is 27.1 Å². The van der Waals surface area contributed by atoms with Crippen LogP contribution in [-0.2, 0) is 14.3 Å². The number of hydrogen-bond acceptors (Lipinski definition) is 7. The molecule has 4 rings (SSSR count). The monoisotopic (exact) mass is 467 g/mol. The summed E-state index contributed by atoms with van der Waals surface area (Å²) in [6.07, 6.45) is 0.0443. The number of benzene rings is 3. The van der Waals surface area contributed by atoms with Gasteiger partial charge in [0.25, 0.3) is 5.91 Å². The Labute approximate surface area is 192 Å². The van der Waals surface area contributed by atoms with E-state index in [1.165, 1.54) is 6.07 Å². The minimum Gasteiger partial charge on any atom is -0.456 e. The van der Waals surface area contributed by atoms with Crippen LogP contribution in [0, 0.1) is 15.9 Å². The summed E-state index contributed by atoms with van der Waals surface area (Å²) in [6.45, 7) is -0.202. The molecule has 1 aliphatic rings. The number of nitrogens with one attached hydrogen (secondary N) is 1. The molecule has 8 nitrogen and oxygen atoms in total. The summed E-state index contributed by atoms with van der Waals surface area (Å²) in [5, 5.41) is 13.2. The van der Waals surface area contributed by atoms with E-state index in [1.807, 2.05) is 53.4 Å². The van der Waals surface area contributed by atoms with Crippen molar-refractivity contribution >= 4 is 46.4 Å². The van der Waals surface area contributed by atoms with Crippen molar-refractivity contribution in [3.8, 4) is 0 Å². The van der Waals surface area contributed by atoms with Crippen LogP contribution < -0.4 is 10.2 Å². The van der Waals surface area contributed by atoms with Gasteiger partial charge in [0.05, 0.1) is 22.7 Å². The Morgan fingerprint density at radius 1 is 1.03 bits per heavy atom. The molecule has 0 saturated carbocycles. The predicted molar refractivity (Wildman–Crippen MR) is 121 cm³/mol. The SMILES string of the molecule is O=C(COC(=O)CCN1c2ccccc2Sc2ccccc21)Nc1ccc(F)c([N+](=O)[O-])c1. The van der Waals surface area contributed by atoms with E-state index in [4.69, 9.17) is 4.74 Å². The van der Waals surface area contributed by atoms with Crippen molar-refractivity contribution in [1.29, 1.82) is 0 Å². The molecule has 0 spiro atoms. The lowest BCUT2D eigenvalue weighted by atomic mass is 10.2. The maximum atomic E-state index is 13.4. The molecule has 10 heteroatoms. The second-order valence-corrected chi connectivity index (χ2v) is 8.16. The van der Waals surface area contributed by atoms with Crippen LogP contribution in [0.25, 0.3) is 0 Å². The lowest BCUT2D eigenvalue weighted by Gasteiger charge is -2.32. The third-order valence-electron chi connectivity index (χ3n) is 4.86. The number of hydrogen-bond donors (Lipinski definition) is 1. The molecule has 0 atom stereocenters. The molecule has 3 aromatic rings. The highest BCUT2D eigenvalue weighted by molar-refractivity contribution is 7.99. The van der Waals surface area contributed by atoms with Gasteiger partial charge in [-0.3, -0.25) is 19.7 Å². The van der Waals surface area contributed by atoms with Crippen LogP contribution in [0.15, 0.2) is 76.5 Å². The van der Waals surface area contributed by atoms with Crippen molar-refractivity contribution in [1.82, 2.24) is 0 Å². The Balaban J connectivity index is 1.34. The summed E-state index contributed by atoms with van der Waals surface area (Å²) in [5.41, 5.74) is 1.25. The molecular formula is C23H18FN3O5S. The van der Waals surface area contributed by atoms with Crippen LogP contribution in [0.2, 0.25) is 0 Å². The van der Waals surface area contributed by atoms with Gasteiger partial charge in [-0.1, -0.05) is 36.0 Å². The van der Waals surface area contributed by atoms with Gasteiger partial charge in [-0.25, -0.2) is 0 Å². The van der Waals surface area contributed by atoms with E-state index in [2.05, 4.69) is 5.32 Å². The molecule has 0 bridgehead atoms. The van der Waals surface area contributed by atoms with E-state index in [0.29, 0.717) is 6.54 Å². The molecule has 168 valence electrons. The first kappa shape index (κ1) is 22.3. The molecule has 0 aromatic heterocycles. The standard InChI is InChI=1S/C23H18FN3O5S/c24-16-10-9-15(13-19(16)27(30)31)25-22(28)14-32-23(29)11-12-26-17-5-1-3-7-20(17)33-21-8-4-2-6-18(21)26/h1-10,13H,11-12,14H2,(H,25,28). The number of nitro benzene ring substituents is 1. The zero-order chi connectivity index (χ0) is 23.4. The Morgan fingerprint density at radius 3 is 2.30 bits per heavy atom. The molecular weight excluding hydrogens is 449 g/mol. The van der Waals surface area contributed by atoms with Gasteiger partial charge in [-0.05, 0) is 36.4 Å². The first-order chi connectivity index (χ1) is 15.9. The highest BCUT2D eigenvalue weighted by Gasteiger charge is 2.23. The molecule has 0 unspecified atom stereocenters. The highest BCUT2D eigenvalue weighted by Crippen LogP contribution is 2.47. The molecule has 0 radical (unpaired) electrons. The fourth-order valence-corrected chi connectivity index (χ4v) is 4.47. The van der Waals surface area contributed by atoms with E-state index < -0.39 is 34.9 Å². The summed E-state index contributed by atoms with van der Waals surface area (Å²) in [5.74, 6) is -2.26. The molecule has 1 aliphatic heterocycles.